The van der Waals surface area contributed by atoms with Crippen LogP contribution in [0, 0.1) is 5.92 Å². The third kappa shape index (κ3) is 5.67. The Hall–Kier alpha value is -0.840. The molecule has 0 saturated carbocycles. The summed E-state index contributed by atoms with van der Waals surface area (Å²) in [5.41, 5.74) is 5.81. The molecule has 2 N–H and O–H groups in total. The van der Waals surface area contributed by atoms with Crippen LogP contribution in [0.4, 0.5) is 0 Å². The highest BCUT2D eigenvalue weighted by atomic mass is 35.5. The highest BCUT2D eigenvalue weighted by Crippen LogP contribution is 2.12. The van der Waals surface area contributed by atoms with Gasteiger partial charge in [-0.25, -0.2) is 8.42 Å². The molecule has 1 rings (SSSR count). The summed E-state index contributed by atoms with van der Waals surface area (Å²) in [5.74, 6) is 0.453. The molecule has 1 atom stereocenters. The predicted molar refractivity (Wildman–Crippen MR) is 77.4 cm³/mol. The Morgan fingerprint density at radius 2 is 1.78 bits per heavy atom. The molecule has 0 fully saturated rings. The molecule has 0 aliphatic heterocycles. The quantitative estimate of drug-likeness (QED) is 0.907. The van der Waals surface area contributed by atoms with Gasteiger partial charge in [-0.1, -0.05) is 38.1 Å². The fourth-order valence-electron chi connectivity index (χ4n) is 1.52. The molecule has 0 aliphatic rings. The van der Waals surface area contributed by atoms with Crippen LogP contribution >= 0.6 is 12.4 Å². The molecule has 0 spiro atoms. The van der Waals surface area contributed by atoms with E-state index in [9.17, 15) is 8.42 Å². The highest BCUT2D eigenvalue weighted by molar-refractivity contribution is 7.94. The summed E-state index contributed by atoms with van der Waals surface area (Å²) in [6.07, 6.45) is 2.34. The smallest absolute Gasteiger partial charge is 0.199 e. The first-order valence-corrected chi connectivity index (χ1v) is 7.20. The molecule has 1 unspecified atom stereocenters. The second-order valence-corrected chi connectivity index (χ2v) is 6.31. The van der Waals surface area contributed by atoms with Crippen LogP contribution in [0.15, 0.2) is 46.7 Å². The van der Waals surface area contributed by atoms with Crippen molar-refractivity contribution in [2.24, 2.45) is 11.7 Å². The van der Waals surface area contributed by atoms with E-state index in [0.717, 1.165) is 6.42 Å². The van der Waals surface area contributed by atoms with Crippen molar-refractivity contribution in [1.82, 2.24) is 0 Å². The Labute approximate surface area is 115 Å². The number of hydrogen-bond donors (Lipinski definition) is 1. The first-order valence-electron chi connectivity index (χ1n) is 5.66. The van der Waals surface area contributed by atoms with E-state index in [4.69, 9.17) is 5.73 Å². The van der Waals surface area contributed by atoms with Gasteiger partial charge in [0.2, 0.25) is 0 Å². The molecular formula is C13H20ClNO2S. The average molecular weight is 290 g/mol. The van der Waals surface area contributed by atoms with Crippen LogP contribution in [0.5, 0.6) is 0 Å². The average Bonchev–Trinajstić information content (AvgIpc) is 2.27. The Balaban J connectivity index is 0.00000289. The normalized spacial score (nSPS) is 13.6. The van der Waals surface area contributed by atoms with Gasteiger partial charge in [0, 0.05) is 11.4 Å². The lowest BCUT2D eigenvalue weighted by atomic mass is 10.1. The summed E-state index contributed by atoms with van der Waals surface area (Å²) < 4.78 is 23.8. The van der Waals surface area contributed by atoms with Crippen molar-refractivity contribution in [3.05, 3.63) is 41.8 Å². The molecule has 102 valence electrons. The topological polar surface area (TPSA) is 60.2 Å². The van der Waals surface area contributed by atoms with Gasteiger partial charge in [0.05, 0.1) is 4.90 Å². The van der Waals surface area contributed by atoms with E-state index in [0.29, 0.717) is 10.8 Å². The zero-order valence-electron chi connectivity index (χ0n) is 10.6. The second-order valence-electron chi connectivity index (χ2n) is 4.48. The van der Waals surface area contributed by atoms with Crippen LogP contribution in [0.3, 0.4) is 0 Å². The van der Waals surface area contributed by atoms with Crippen molar-refractivity contribution >= 4 is 22.2 Å². The van der Waals surface area contributed by atoms with Crippen LogP contribution in [0.1, 0.15) is 20.3 Å². The third-order valence-electron chi connectivity index (χ3n) is 2.32. The number of halogens is 1. The van der Waals surface area contributed by atoms with E-state index in [-0.39, 0.29) is 18.4 Å². The number of hydrogen-bond acceptors (Lipinski definition) is 3. The molecule has 0 bridgehead atoms. The lowest BCUT2D eigenvalue weighted by molar-refractivity contribution is 0.546. The molecule has 18 heavy (non-hydrogen) atoms. The Morgan fingerprint density at radius 3 is 2.28 bits per heavy atom. The van der Waals surface area contributed by atoms with Gasteiger partial charge in [-0.3, -0.25) is 0 Å². The molecule has 0 saturated heterocycles. The number of benzene rings is 1. The van der Waals surface area contributed by atoms with Gasteiger partial charge < -0.3 is 5.73 Å². The summed E-state index contributed by atoms with van der Waals surface area (Å²) in [7, 11) is -3.35. The molecule has 0 amide bonds. The Morgan fingerprint density at radius 1 is 1.22 bits per heavy atom. The van der Waals surface area contributed by atoms with Gasteiger partial charge >= 0.3 is 0 Å². The van der Waals surface area contributed by atoms with E-state index in [2.05, 4.69) is 13.8 Å². The summed E-state index contributed by atoms with van der Waals surface area (Å²) >= 11 is 0. The van der Waals surface area contributed by atoms with E-state index in [1.165, 1.54) is 5.41 Å². The Kier molecular flexibility index (Phi) is 7.21. The zero-order chi connectivity index (χ0) is 12.9. The summed E-state index contributed by atoms with van der Waals surface area (Å²) in [4.78, 5) is 0.299. The molecule has 5 heteroatoms. The molecule has 0 radical (unpaired) electrons. The van der Waals surface area contributed by atoms with E-state index < -0.39 is 9.84 Å². The predicted octanol–water partition coefficient (Wildman–Crippen LogP) is 2.77. The lowest BCUT2D eigenvalue weighted by Crippen LogP contribution is -2.19. The van der Waals surface area contributed by atoms with Crippen molar-refractivity contribution in [2.75, 3.05) is 0 Å². The van der Waals surface area contributed by atoms with Crippen LogP contribution < -0.4 is 5.73 Å². The molecule has 0 aromatic heterocycles. The van der Waals surface area contributed by atoms with Crippen molar-refractivity contribution in [3.63, 3.8) is 0 Å². The van der Waals surface area contributed by atoms with Gasteiger partial charge in [-0.2, -0.15) is 0 Å². The third-order valence-corrected chi connectivity index (χ3v) is 3.76. The second kappa shape index (κ2) is 7.56. The van der Waals surface area contributed by atoms with Crippen molar-refractivity contribution < 1.29 is 8.42 Å². The minimum Gasteiger partial charge on any atom is -0.324 e. The van der Waals surface area contributed by atoms with Crippen LogP contribution in [-0.4, -0.2) is 14.5 Å². The lowest BCUT2D eigenvalue weighted by Gasteiger charge is -2.08. The Bertz CT molecular complexity index is 469. The number of nitrogens with two attached hydrogens (primary N) is 1. The zero-order valence-corrected chi connectivity index (χ0v) is 12.2. The van der Waals surface area contributed by atoms with Gasteiger partial charge in [-0.15, -0.1) is 12.4 Å². The fraction of sp³-hybridized carbons (Fsp3) is 0.385. The largest absolute Gasteiger partial charge is 0.324 e. The van der Waals surface area contributed by atoms with Gasteiger partial charge in [0.15, 0.2) is 9.84 Å². The number of rotatable bonds is 5. The summed E-state index contributed by atoms with van der Waals surface area (Å²) in [6, 6.07) is 8.13. The highest BCUT2D eigenvalue weighted by Gasteiger charge is 2.10. The first kappa shape index (κ1) is 17.2. The van der Waals surface area contributed by atoms with Crippen molar-refractivity contribution in [2.45, 2.75) is 31.2 Å². The maximum absolute atomic E-state index is 11.9. The standard InChI is InChI=1S/C13H19NO2S.ClH/c1-11(2)10-12(14)8-9-17(15,16)13-6-4-3-5-7-13;/h3-9,11-12H,10,14H2,1-2H3;1H. The van der Waals surface area contributed by atoms with Gasteiger partial charge in [0.25, 0.3) is 0 Å². The molecule has 1 aromatic carbocycles. The maximum atomic E-state index is 11.9. The molecule has 0 aliphatic carbocycles. The molecular weight excluding hydrogens is 270 g/mol. The van der Waals surface area contributed by atoms with E-state index in [1.54, 1.807) is 36.4 Å². The monoisotopic (exact) mass is 289 g/mol. The van der Waals surface area contributed by atoms with Gasteiger partial charge in [-0.05, 0) is 24.5 Å². The minimum atomic E-state index is -3.35. The number of sulfone groups is 1. The fourth-order valence-corrected chi connectivity index (χ4v) is 2.62. The van der Waals surface area contributed by atoms with E-state index in [1.807, 2.05) is 0 Å². The van der Waals surface area contributed by atoms with Crippen LogP contribution in [0.2, 0.25) is 0 Å². The summed E-state index contributed by atoms with van der Waals surface area (Å²) in [5, 5.41) is 1.20. The molecule has 3 nitrogen and oxygen atoms in total. The maximum Gasteiger partial charge on any atom is 0.199 e. The molecule has 0 heterocycles. The van der Waals surface area contributed by atoms with Crippen LogP contribution in [0.25, 0.3) is 0 Å². The SMILES string of the molecule is CC(C)CC(N)C=CS(=O)(=O)c1ccccc1.Cl. The van der Waals surface area contributed by atoms with Crippen LogP contribution in [-0.2, 0) is 9.84 Å². The first-order chi connectivity index (χ1) is 7.92. The van der Waals surface area contributed by atoms with Gasteiger partial charge in [0.1, 0.15) is 0 Å². The molecule has 1 aromatic rings. The van der Waals surface area contributed by atoms with Crippen molar-refractivity contribution in [1.29, 1.82) is 0 Å². The van der Waals surface area contributed by atoms with Crippen molar-refractivity contribution in [3.8, 4) is 0 Å². The summed E-state index contributed by atoms with van der Waals surface area (Å²) in [6.45, 7) is 4.11. The minimum absolute atomic E-state index is 0. The van der Waals surface area contributed by atoms with E-state index >= 15 is 0 Å².